The Bertz CT molecular complexity index is 342. The fourth-order valence-electron chi connectivity index (χ4n) is 2.64. The Morgan fingerprint density at radius 1 is 1.35 bits per heavy atom. The first-order valence-electron chi connectivity index (χ1n) is 6.57. The quantitative estimate of drug-likeness (QED) is 0.746. The van der Waals surface area contributed by atoms with Crippen LogP contribution in [0.4, 0.5) is 0 Å². The van der Waals surface area contributed by atoms with Gasteiger partial charge in [-0.25, -0.2) is 0 Å². The molecule has 4 heteroatoms. The summed E-state index contributed by atoms with van der Waals surface area (Å²) in [6.07, 6.45) is 4.45. The number of aryl methyl sites for hydroxylation is 2. The molecule has 1 aromatic rings. The molecule has 1 heterocycles. The maximum absolute atomic E-state index is 9.88. The number of rotatable bonds is 4. The summed E-state index contributed by atoms with van der Waals surface area (Å²) in [5.74, 6) is 0.427. The van der Waals surface area contributed by atoms with Gasteiger partial charge in [-0.3, -0.25) is 5.10 Å². The molecule has 2 unspecified atom stereocenters. The molecule has 0 aliphatic heterocycles. The van der Waals surface area contributed by atoms with Gasteiger partial charge in [-0.1, -0.05) is 12.8 Å². The van der Waals surface area contributed by atoms with E-state index >= 15 is 0 Å². The number of aromatic amines is 1. The minimum absolute atomic E-state index is 0.109. The van der Waals surface area contributed by atoms with Crippen LogP contribution in [0.2, 0.25) is 0 Å². The van der Waals surface area contributed by atoms with Crippen molar-refractivity contribution < 1.29 is 5.11 Å². The Hall–Kier alpha value is -0.870. The summed E-state index contributed by atoms with van der Waals surface area (Å²) in [5.41, 5.74) is 3.47. The van der Waals surface area contributed by atoms with Gasteiger partial charge < -0.3 is 10.4 Å². The molecular weight excluding hydrogens is 214 g/mol. The summed E-state index contributed by atoms with van der Waals surface area (Å²) < 4.78 is 0. The fourth-order valence-corrected chi connectivity index (χ4v) is 2.64. The van der Waals surface area contributed by atoms with Gasteiger partial charge in [-0.05, 0) is 32.6 Å². The van der Waals surface area contributed by atoms with Gasteiger partial charge in [-0.15, -0.1) is 0 Å². The fraction of sp³-hybridized carbons (Fsp3) is 0.769. The van der Waals surface area contributed by atoms with Gasteiger partial charge in [0.25, 0.3) is 0 Å². The number of H-pyrrole nitrogens is 1. The van der Waals surface area contributed by atoms with Crippen molar-refractivity contribution in [3.63, 3.8) is 0 Å². The highest BCUT2D eigenvalue weighted by atomic mass is 16.3. The second-order valence-electron chi connectivity index (χ2n) is 5.16. The van der Waals surface area contributed by atoms with Gasteiger partial charge in [-0.2, -0.15) is 5.10 Å². The lowest BCUT2D eigenvalue weighted by molar-refractivity contribution is 0.0695. The van der Waals surface area contributed by atoms with Crippen molar-refractivity contribution in [2.45, 2.75) is 52.2 Å². The molecule has 0 amide bonds. The van der Waals surface area contributed by atoms with Gasteiger partial charge in [0.2, 0.25) is 0 Å². The van der Waals surface area contributed by atoms with E-state index in [1.54, 1.807) is 0 Å². The topological polar surface area (TPSA) is 60.9 Å². The summed E-state index contributed by atoms with van der Waals surface area (Å²) in [5, 5.41) is 20.5. The molecule has 0 saturated heterocycles. The zero-order valence-electron chi connectivity index (χ0n) is 10.8. The van der Waals surface area contributed by atoms with Crippen LogP contribution in [0.1, 0.15) is 42.6 Å². The standard InChI is InChI=1S/C13H23N3O/c1-9-12(10(2)16-15-9)8-14-7-11-5-3-4-6-13(11)17/h11,13-14,17H,3-8H2,1-2H3,(H,15,16). The molecule has 96 valence electrons. The van der Waals surface area contributed by atoms with Gasteiger partial charge in [0.05, 0.1) is 11.8 Å². The molecule has 0 bridgehead atoms. The van der Waals surface area contributed by atoms with Crippen molar-refractivity contribution in [3.8, 4) is 0 Å². The summed E-state index contributed by atoms with van der Waals surface area (Å²) in [7, 11) is 0. The van der Waals surface area contributed by atoms with Crippen LogP contribution in [-0.2, 0) is 6.54 Å². The molecule has 0 radical (unpaired) electrons. The summed E-state index contributed by atoms with van der Waals surface area (Å²) >= 11 is 0. The van der Waals surface area contributed by atoms with Crippen LogP contribution >= 0.6 is 0 Å². The Morgan fingerprint density at radius 2 is 2.12 bits per heavy atom. The van der Waals surface area contributed by atoms with E-state index < -0.39 is 0 Å². The van der Waals surface area contributed by atoms with Crippen LogP contribution in [0.3, 0.4) is 0 Å². The average molecular weight is 237 g/mol. The van der Waals surface area contributed by atoms with Crippen molar-refractivity contribution in [1.29, 1.82) is 0 Å². The minimum atomic E-state index is -0.109. The molecule has 1 fully saturated rings. The maximum atomic E-state index is 9.88. The number of aromatic nitrogens is 2. The highest BCUT2D eigenvalue weighted by molar-refractivity contribution is 5.22. The van der Waals surface area contributed by atoms with Gasteiger partial charge in [0.1, 0.15) is 0 Å². The first-order chi connectivity index (χ1) is 8.18. The Morgan fingerprint density at radius 3 is 2.76 bits per heavy atom. The lowest BCUT2D eigenvalue weighted by atomic mass is 9.86. The Kier molecular flexibility index (Phi) is 4.18. The largest absolute Gasteiger partial charge is 0.393 e. The first kappa shape index (κ1) is 12.6. The second kappa shape index (κ2) is 5.65. The Labute approximate surface area is 103 Å². The predicted octanol–water partition coefficient (Wildman–Crippen LogP) is 1.67. The van der Waals surface area contributed by atoms with Crippen molar-refractivity contribution >= 4 is 0 Å². The van der Waals surface area contributed by atoms with Crippen molar-refractivity contribution in [1.82, 2.24) is 15.5 Å². The van der Waals surface area contributed by atoms with E-state index in [4.69, 9.17) is 0 Å². The number of nitrogens with one attached hydrogen (secondary N) is 2. The van der Waals surface area contributed by atoms with E-state index in [0.717, 1.165) is 37.3 Å². The summed E-state index contributed by atoms with van der Waals surface area (Å²) in [6, 6.07) is 0. The number of aliphatic hydroxyl groups is 1. The number of aliphatic hydroxyl groups excluding tert-OH is 1. The third-order valence-corrected chi connectivity index (χ3v) is 3.86. The smallest absolute Gasteiger partial charge is 0.0638 e. The zero-order valence-corrected chi connectivity index (χ0v) is 10.8. The minimum Gasteiger partial charge on any atom is -0.393 e. The van der Waals surface area contributed by atoms with Crippen LogP contribution < -0.4 is 5.32 Å². The molecule has 4 nitrogen and oxygen atoms in total. The molecule has 0 spiro atoms. The molecule has 1 aliphatic carbocycles. The molecule has 2 rings (SSSR count). The van der Waals surface area contributed by atoms with Gasteiger partial charge >= 0.3 is 0 Å². The normalized spacial score (nSPS) is 25.1. The predicted molar refractivity (Wildman–Crippen MR) is 67.7 cm³/mol. The van der Waals surface area contributed by atoms with E-state index in [0.29, 0.717) is 5.92 Å². The number of hydrogen-bond donors (Lipinski definition) is 3. The van der Waals surface area contributed by atoms with E-state index in [1.807, 2.05) is 13.8 Å². The van der Waals surface area contributed by atoms with E-state index in [1.165, 1.54) is 18.4 Å². The third-order valence-electron chi connectivity index (χ3n) is 3.86. The lowest BCUT2D eigenvalue weighted by Gasteiger charge is -2.27. The molecule has 2 atom stereocenters. The number of hydrogen-bond acceptors (Lipinski definition) is 3. The highest BCUT2D eigenvalue weighted by Crippen LogP contribution is 2.23. The molecular formula is C13H23N3O. The Balaban J connectivity index is 1.79. The third kappa shape index (κ3) is 3.07. The van der Waals surface area contributed by atoms with Crippen LogP contribution in [0.25, 0.3) is 0 Å². The van der Waals surface area contributed by atoms with Crippen LogP contribution in [-0.4, -0.2) is 28.0 Å². The summed E-state index contributed by atoms with van der Waals surface area (Å²) in [4.78, 5) is 0. The van der Waals surface area contributed by atoms with Gasteiger partial charge in [0, 0.05) is 24.3 Å². The molecule has 1 aliphatic rings. The molecule has 1 aromatic heterocycles. The molecule has 1 saturated carbocycles. The SMILES string of the molecule is Cc1n[nH]c(C)c1CNCC1CCCCC1O. The van der Waals surface area contributed by atoms with Crippen molar-refractivity contribution in [2.75, 3.05) is 6.54 Å². The van der Waals surface area contributed by atoms with Crippen molar-refractivity contribution in [2.24, 2.45) is 5.92 Å². The van der Waals surface area contributed by atoms with E-state index in [-0.39, 0.29) is 6.10 Å². The maximum Gasteiger partial charge on any atom is 0.0638 e. The monoisotopic (exact) mass is 237 g/mol. The van der Waals surface area contributed by atoms with E-state index in [9.17, 15) is 5.11 Å². The van der Waals surface area contributed by atoms with Crippen molar-refractivity contribution in [3.05, 3.63) is 17.0 Å². The highest BCUT2D eigenvalue weighted by Gasteiger charge is 2.22. The van der Waals surface area contributed by atoms with Crippen LogP contribution in [0.5, 0.6) is 0 Å². The van der Waals surface area contributed by atoms with Crippen LogP contribution in [0, 0.1) is 19.8 Å². The second-order valence-corrected chi connectivity index (χ2v) is 5.16. The van der Waals surface area contributed by atoms with Gasteiger partial charge in [0.15, 0.2) is 0 Å². The first-order valence-corrected chi connectivity index (χ1v) is 6.57. The van der Waals surface area contributed by atoms with E-state index in [2.05, 4.69) is 15.5 Å². The number of nitrogens with zero attached hydrogens (tertiary/aromatic N) is 1. The zero-order chi connectivity index (χ0) is 12.3. The molecule has 17 heavy (non-hydrogen) atoms. The average Bonchev–Trinajstić information content (AvgIpc) is 2.63. The summed E-state index contributed by atoms with van der Waals surface area (Å²) in [6.45, 7) is 5.82. The molecule has 3 N–H and O–H groups in total. The molecule has 0 aromatic carbocycles. The van der Waals surface area contributed by atoms with Crippen LogP contribution in [0.15, 0.2) is 0 Å². The lowest BCUT2D eigenvalue weighted by Crippen LogP contribution is -2.33.